The largest absolute Gasteiger partial charge is 0.756 e. The third-order valence-corrected chi connectivity index (χ3v) is 11.0. The number of amides is 1. The van der Waals surface area contributed by atoms with E-state index in [1.165, 1.54) is 135 Å². The van der Waals surface area contributed by atoms with Crippen molar-refractivity contribution in [3.8, 4) is 0 Å². The van der Waals surface area contributed by atoms with Crippen molar-refractivity contribution in [3.63, 3.8) is 0 Å². The molecule has 0 rings (SSSR count). The summed E-state index contributed by atoms with van der Waals surface area (Å²) in [6.45, 7) is 4.70. The fourth-order valence-corrected chi connectivity index (χ4v) is 7.17. The van der Waals surface area contributed by atoms with Crippen molar-refractivity contribution in [2.24, 2.45) is 0 Å². The van der Waals surface area contributed by atoms with Gasteiger partial charge in [-0.05, 0) is 38.5 Å². The monoisotopic (exact) mass is 759 g/mol. The first-order valence-corrected chi connectivity index (χ1v) is 23.5. The van der Waals surface area contributed by atoms with E-state index in [-0.39, 0.29) is 19.1 Å². The third-order valence-electron chi connectivity index (χ3n) is 10.0. The van der Waals surface area contributed by atoms with Crippen molar-refractivity contribution in [1.29, 1.82) is 0 Å². The summed E-state index contributed by atoms with van der Waals surface area (Å²) in [6, 6.07) is -0.810. The summed E-state index contributed by atoms with van der Waals surface area (Å²) in [6.07, 6.45) is 39.2. The van der Waals surface area contributed by atoms with Crippen LogP contribution in [0.3, 0.4) is 0 Å². The Labute approximate surface area is 322 Å². The summed E-state index contributed by atoms with van der Waals surface area (Å²) in [7, 11) is 1.29. The zero-order valence-electron chi connectivity index (χ0n) is 35.0. The van der Waals surface area contributed by atoms with Gasteiger partial charge in [-0.25, -0.2) is 0 Å². The summed E-state index contributed by atoms with van der Waals surface area (Å²) in [5.74, 6) is -0.173. The second-order valence-corrected chi connectivity index (χ2v) is 17.8. The van der Waals surface area contributed by atoms with Crippen molar-refractivity contribution in [1.82, 2.24) is 5.32 Å². The number of aliphatic hydroxyl groups is 1. The van der Waals surface area contributed by atoms with Gasteiger partial charge in [0.2, 0.25) is 5.91 Å². The lowest BCUT2D eigenvalue weighted by Crippen LogP contribution is -2.46. The number of nitrogens with zero attached hydrogens (tertiary/aromatic N) is 1. The molecular weight excluding hydrogens is 671 g/mol. The molecule has 0 spiro atoms. The van der Waals surface area contributed by atoms with E-state index >= 15 is 0 Å². The minimum absolute atomic E-state index is 0.00962. The summed E-state index contributed by atoms with van der Waals surface area (Å²) >= 11 is 0. The van der Waals surface area contributed by atoms with E-state index in [0.29, 0.717) is 23.9 Å². The first kappa shape index (κ1) is 51.2. The Hall–Kier alpha value is -0.760. The van der Waals surface area contributed by atoms with Crippen LogP contribution in [0.5, 0.6) is 0 Å². The van der Waals surface area contributed by atoms with Crippen LogP contribution in [0.15, 0.2) is 12.2 Å². The third kappa shape index (κ3) is 37.6. The van der Waals surface area contributed by atoms with Crippen LogP contribution < -0.4 is 10.2 Å². The first-order valence-electron chi connectivity index (χ1n) is 22.0. The molecule has 8 nitrogen and oxygen atoms in total. The molecule has 3 atom stereocenters. The lowest BCUT2D eigenvalue weighted by Gasteiger charge is -2.30. The molecule has 0 aliphatic heterocycles. The molecule has 0 aliphatic carbocycles. The van der Waals surface area contributed by atoms with Crippen LogP contribution in [0.4, 0.5) is 0 Å². The van der Waals surface area contributed by atoms with Crippen molar-refractivity contribution in [3.05, 3.63) is 12.2 Å². The van der Waals surface area contributed by atoms with Crippen molar-refractivity contribution >= 4 is 13.7 Å². The second kappa shape index (κ2) is 35.9. The standard InChI is InChI=1S/C43H87N2O6P/c1-6-8-10-12-14-16-18-20-22-24-26-28-30-32-34-36-42(46)41(40-51-52(48,49)50-39-38-45(3,4)5)44-43(47)37-35-33-31-29-27-25-23-21-19-17-15-13-11-9-7-2/h26,28,41-42,46H,6-25,27,29-40H2,1-5H3,(H-,44,47,48,49)/b28-26+/t41-,42+/m0/s1. The number of allylic oxidation sites excluding steroid dienone is 2. The smallest absolute Gasteiger partial charge is 0.268 e. The maximum Gasteiger partial charge on any atom is 0.268 e. The number of rotatable bonds is 40. The van der Waals surface area contributed by atoms with Gasteiger partial charge in [-0.1, -0.05) is 174 Å². The van der Waals surface area contributed by atoms with Gasteiger partial charge in [-0.15, -0.1) is 0 Å². The number of nitrogens with one attached hydrogen (secondary N) is 1. The molecule has 1 amide bonds. The highest BCUT2D eigenvalue weighted by Crippen LogP contribution is 2.38. The number of unbranched alkanes of at least 4 members (excludes halogenated alkanes) is 25. The quantitative estimate of drug-likeness (QED) is 0.0279. The van der Waals surface area contributed by atoms with E-state index in [0.717, 1.165) is 44.9 Å². The Morgan fingerprint density at radius 1 is 0.654 bits per heavy atom. The normalized spacial score (nSPS) is 14.5. The molecular formula is C43H87N2O6P. The fourth-order valence-electron chi connectivity index (χ4n) is 6.45. The van der Waals surface area contributed by atoms with Gasteiger partial charge in [0.15, 0.2) is 0 Å². The summed E-state index contributed by atoms with van der Waals surface area (Å²) < 4.78 is 23.2. The molecule has 52 heavy (non-hydrogen) atoms. The molecule has 0 radical (unpaired) electrons. The van der Waals surface area contributed by atoms with E-state index in [1.54, 1.807) is 0 Å². The zero-order valence-corrected chi connectivity index (χ0v) is 35.9. The van der Waals surface area contributed by atoms with Crippen LogP contribution in [0, 0.1) is 0 Å². The van der Waals surface area contributed by atoms with Crippen LogP contribution in [0.1, 0.15) is 206 Å². The number of carbonyl (C=O) groups excluding carboxylic acids is 1. The SMILES string of the molecule is CCCCCCCCCCC/C=C/CCCC[C@@H](O)[C@H](COP(=O)([O-])OCC[N+](C)(C)C)NC(=O)CCCCCCCCCCCCCCCCC. The van der Waals surface area contributed by atoms with Gasteiger partial charge in [0.1, 0.15) is 13.2 Å². The van der Waals surface area contributed by atoms with E-state index < -0.39 is 20.0 Å². The molecule has 1 unspecified atom stereocenters. The van der Waals surface area contributed by atoms with Crippen molar-refractivity contribution < 1.29 is 32.9 Å². The number of phosphoric acid groups is 1. The van der Waals surface area contributed by atoms with E-state index in [9.17, 15) is 19.4 Å². The van der Waals surface area contributed by atoms with Crippen LogP contribution in [0.2, 0.25) is 0 Å². The fraction of sp³-hybridized carbons (Fsp3) is 0.930. The van der Waals surface area contributed by atoms with Gasteiger partial charge in [-0.2, -0.15) is 0 Å². The second-order valence-electron chi connectivity index (χ2n) is 16.4. The van der Waals surface area contributed by atoms with Gasteiger partial charge in [-0.3, -0.25) is 9.36 Å². The predicted octanol–water partition coefficient (Wildman–Crippen LogP) is 11.3. The summed E-state index contributed by atoms with van der Waals surface area (Å²) in [5.41, 5.74) is 0. The number of quaternary nitrogens is 1. The first-order chi connectivity index (χ1) is 25.0. The minimum atomic E-state index is -4.56. The van der Waals surface area contributed by atoms with E-state index in [1.807, 2.05) is 21.1 Å². The number of hydrogen-bond acceptors (Lipinski definition) is 6. The summed E-state index contributed by atoms with van der Waals surface area (Å²) in [5, 5.41) is 13.9. The Morgan fingerprint density at radius 2 is 1.06 bits per heavy atom. The lowest BCUT2D eigenvalue weighted by molar-refractivity contribution is -0.870. The minimum Gasteiger partial charge on any atom is -0.756 e. The van der Waals surface area contributed by atoms with Gasteiger partial charge in [0, 0.05) is 6.42 Å². The molecule has 0 aromatic carbocycles. The van der Waals surface area contributed by atoms with Crippen LogP contribution >= 0.6 is 7.82 Å². The molecule has 310 valence electrons. The maximum absolute atomic E-state index is 12.8. The number of phosphoric ester groups is 1. The highest BCUT2D eigenvalue weighted by atomic mass is 31.2. The number of likely N-dealkylation sites (N-methyl/N-ethyl adjacent to an activating group) is 1. The predicted molar refractivity (Wildman–Crippen MR) is 219 cm³/mol. The van der Waals surface area contributed by atoms with Crippen molar-refractivity contribution in [2.75, 3.05) is 40.9 Å². The van der Waals surface area contributed by atoms with Crippen molar-refractivity contribution in [2.45, 2.75) is 219 Å². The molecule has 0 fully saturated rings. The molecule has 0 aromatic rings. The Balaban J connectivity index is 4.40. The topological polar surface area (TPSA) is 108 Å². The molecule has 0 bridgehead atoms. The Bertz CT molecular complexity index is 865. The highest BCUT2D eigenvalue weighted by molar-refractivity contribution is 7.45. The summed E-state index contributed by atoms with van der Waals surface area (Å²) in [4.78, 5) is 25.3. The van der Waals surface area contributed by atoms with Crippen LogP contribution in [-0.2, 0) is 18.4 Å². The van der Waals surface area contributed by atoms with E-state index in [2.05, 4.69) is 31.3 Å². The maximum atomic E-state index is 12.8. The zero-order chi connectivity index (χ0) is 38.6. The lowest BCUT2D eigenvalue weighted by atomic mass is 10.0. The van der Waals surface area contributed by atoms with Crippen LogP contribution in [-0.4, -0.2) is 68.5 Å². The van der Waals surface area contributed by atoms with Gasteiger partial charge in [0.05, 0.1) is 39.9 Å². The number of aliphatic hydroxyl groups excluding tert-OH is 1. The molecule has 9 heteroatoms. The number of carbonyl (C=O) groups is 1. The van der Waals surface area contributed by atoms with E-state index in [4.69, 9.17) is 9.05 Å². The van der Waals surface area contributed by atoms with Gasteiger partial charge in [0.25, 0.3) is 7.82 Å². The van der Waals surface area contributed by atoms with Gasteiger partial charge < -0.3 is 28.8 Å². The number of hydrogen-bond donors (Lipinski definition) is 2. The average molecular weight is 759 g/mol. The average Bonchev–Trinajstić information content (AvgIpc) is 3.09. The van der Waals surface area contributed by atoms with Gasteiger partial charge >= 0.3 is 0 Å². The molecule has 0 aliphatic rings. The molecule has 0 aromatic heterocycles. The highest BCUT2D eigenvalue weighted by Gasteiger charge is 2.24. The Kier molecular flexibility index (Phi) is 35.4. The van der Waals surface area contributed by atoms with Crippen LogP contribution in [0.25, 0.3) is 0 Å². The Morgan fingerprint density at radius 3 is 1.50 bits per heavy atom. The molecule has 0 saturated carbocycles. The molecule has 0 saturated heterocycles. The molecule has 2 N–H and O–H groups in total. The molecule has 0 heterocycles.